The summed E-state index contributed by atoms with van der Waals surface area (Å²) in [5.74, 6) is 1.01. The van der Waals surface area contributed by atoms with Crippen LogP contribution in [-0.2, 0) is 37.9 Å². The van der Waals surface area contributed by atoms with Gasteiger partial charge < -0.3 is 37.9 Å². The third-order valence-electron chi connectivity index (χ3n) is 4.61. The molecule has 0 atom stereocenters. The van der Waals surface area contributed by atoms with Crippen LogP contribution in [0.2, 0.25) is 0 Å². The van der Waals surface area contributed by atoms with Crippen molar-refractivity contribution in [1.29, 1.82) is 0 Å². The highest BCUT2D eigenvalue weighted by Crippen LogP contribution is 2.07. The Balaban J connectivity index is 2.99. The SMILES string of the molecule is COCCOCCOCCOCCOCCOCCOCCOCCCCCCCCCS. The molecule has 33 heavy (non-hydrogen) atoms. The molecule has 0 N–H and O–H groups in total. The van der Waals surface area contributed by atoms with Crippen molar-refractivity contribution in [2.45, 2.75) is 44.9 Å². The van der Waals surface area contributed by atoms with Gasteiger partial charge in [0.1, 0.15) is 0 Å². The maximum atomic E-state index is 5.59. The molecule has 200 valence electrons. The standard InChI is InChI=1S/C24H50O8S/c1-25-10-11-27-14-15-29-18-19-31-22-23-32-21-20-30-17-16-28-13-12-26-9-7-5-3-2-4-6-8-24-33/h33H,2-24H2,1H3. The number of rotatable bonds is 30. The molecule has 0 amide bonds. The summed E-state index contributed by atoms with van der Waals surface area (Å²) in [7, 11) is 1.65. The zero-order valence-electron chi connectivity index (χ0n) is 21.0. The van der Waals surface area contributed by atoms with Gasteiger partial charge in [-0.2, -0.15) is 12.6 Å². The fraction of sp³-hybridized carbons (Fsp3) is 1.00. The van der Waals surface area contributed by atoms with Gasteiger partial charge in [0.15, 0.2) is 0 Å². The van der Waals surface area contributed by atoms with E-state index in [1.54, 1.807) is 7.11 Å². The maximum absolute atomic E-state index is 5.59. The second-order valence-corrected chi connectivity index (χ2v) is 7.93. The zero-order valence-corrected chi connectivity index (χ0v) is 21.9. The fourth-order valence-corrected chi connectivity index (χ4v) is 2.99. The highest BCUT2D eigenvalue weighted by atomic mass is 32.1. The van der Waals surface area contributed by atoms with Crippen molar-refractivity contribution >= 4 is 12.6 Å². The molecule has 0 heterocycles. The Morgan fingerprint density at radius 1 is 0.333 bits per heavy atom. The smallest absolute Gasteiger partial charge is 0.0701 e. The first-order chi connectivity index (χ1) is 16.4. The molecule has 0 aliphatic rings. The minimum Gasteiger partial charge on any atom is -0.382 e. The van der Waals surface area contributed by atoms with Gasteiger partial charge in [-0.3, -0.25) is 0 Å². The maximum Gasteiger partial charge on any atom is 0.0701 e. The van der Waals surface area contributed by atoms with Crippen LogP contribution in [0.1, 0.15) is 44.9 Å². The molecule has 0 aromatic heterocycles. The van der Waals surface area contributed by atoms with E-state index < -0.39 is 0 Å². The average molecular weight is 499 g/mol. The molecule has 0 saturated carbocycles. The van der Waals surface area contributed by atoms with Gasteiger partial charge in [0.05, 0.1) is 92.5 Å². The summed E-state index contributed by atoms with van der Waals surface area (Å²) in [5.41, 5.74) is 0. The van der Waals surface area contributed by atoms with Gasteiger partial charge in [-0.15, -0.1) is 0 Å². The first kappa shape index (κ1) is 33.0. The van der Waals surface area contributed by atoms with E-state index >= 15 is 0 Å². The normalized spacial score (nSPS) is 11.5. The van der Waals surface area contributed by atoms with E-state index in [1.165, 1.54) is 38.5 Å². The second kappa shape index (κ2) is 32.0. The van der Waals surface area contributed by atoms with Gasteiger partial charge in [0, 0.05) is 13.7 Å². The van der Waals surface area contributed by atoms with Crippen LogP contribution in [0.25, 0.3) is 0 Å². The molecule has 0 bridgehead atoms. The van der Waals surface area contributed by atoms with Crippen LogP contribution in [-0.4, -0.2) is 112 Å². The Labute approximate surface area is 207 Å². The third-order valence-corrected chi connectivity index (χ3v) is 4.93. The van der Waals surface area contributed by atoms with Gasteiger partial charge in [0.2, 0.25) is 0 Å². The van der Waals surface area contributed by atoms with Crippen molar-refractivity contribution in [2.24, 2.45) is 0 Å². The first-order valence-corrected chi connectivity index (χ1v) is 13.2. The molecular formula is C24H50O8S. The lowest BCUT2D eigenvalue weighted by atomic mass is 10.1. The minimum atomic E-state index is 0.549. The topological polar surface area (TPSA) is 73.8 Å². The number of hydrogen-bond acceptors (Lipinski definition) is 9. The predicted molar refractivity (Wildman–Crippen MR) is 134 cm³/mol. The fourth-order valence-electron chi connectivity index (χ4n) is 2.76. The van der Waals surface area contributed by atoms with Crippen molar-refractivity contribution in [3.8, 4) is 0 Å². The van der Waals surface area contributed by atoms with Crippen LogP contribution in [0, 0.1) is 0 Å². The largest absolute Gasteiger partial charge is 0.382 e. The number of unbranched alkanes of at least 4 members (excludes halogenated alkanes) is 6. The van der Waals surface area contributed by atoms with E-state index in [1.807, 2.05) is 0 Å². The number of thiol groups is 1. The lowest BCUT2D eigenvalue weighted by molar-refractivity contribution is -0.0221. The minimum absolute atomic E-state index is 0.549. The summed E-state index contributed by atoms with van der Waals surface area (Å²) in [5, 5.41) is 0. The Kier molecular flexibility index (Phi) is 32.1. The molecule has 0 saturated heterocycles. The van der Waals surface area contributed by atoms with Gasteiger partial charge in [-0.05, 0) is 18.6 Å². The molecule has 0 fully saturated rings. The van der Waals surface area contributed by atoms with Crippen molar-refractivity contribution < 1.29 is 37.9 Å². The Bertz CT molecular complexity index is 310. The van der Waals surface area contributed by atoms with Crippen LogP contribution >= 0.6 is 12.6 Å². The predicted octanol–water partition coefficient (Wildman–Crippen LogP) is 3.41. The molecule has 0 aliphatic carbocycles. The number of methoxy groups -OCH3 is 1. The van der Waals surface area contributed by atoms with E-state index in [4.69, 9.17) is 37.9 Å². The van der Waals surface area contributed by atoms with Gasteiger partial charge >= 0.3 is 0 Å². The summed E-state index contributed by atoms with van der Waals surface area (Å²) in [6, 6.07) is 0. The Hall–Kier alpha value is 0.0300. The molecular weight excluding hydrogens is 448 g/mol. The van der Waals surface area contributed by atoms with Gasteiger partial charge in [-0.1, -0.05) is 32.1 Å². The van der Waals surface area contributed by atoms with Crippen molar-refractivity contribution in [3.63, 3.8) is 0 Å². The quantitative estimate of drug-likeness (QED) is 0.119. The van der Waals surface area contributed by atoms with E-state index in [-0.39, 0.29) is 0 Å². The lowest BCUT2D eigenvalue weighted by Crippen LogP contribution is -2.14. The third kappa shape index (κ3) is 32.0. The lowest BCUT2D eigenvalue weighted by Gasteiger charge is -2.08. The number of hydrogen-bond donors (Lipinski definition) is 1. The van der Waals surface area contributed by atoms with E-state index in [0.29, 0.717) is 92.5 Å². The highest BCUT2D eigenvalue weighted by molar-refractivity contribution is 7.80. The van der Waals surface area contributed by atoms with E-state index in [0.717, 1.165) is 18.8 Å². The van der Waals surface area contributed by atoms with Crippen LogP contribution in [0.4, 0.5) is 0 Å². The molecule has 8 nitrogen and oxygen atoms in total. The van der Waals surface area contributed by atoms with Crippen LogP contribution < -0.4 is 0 Å². The molecule has 0 radical (unpaired) electrons. The highest BCUT2D eigenvalue weighted by Gasteiger charge is 1.95. The molecule has 0 unspecified atom stereocenters. The van der Waals surface area contributed by atoms with Crippen LogP contribution in [0.5, 0.6) is 0 Å². The average Bonchev–Trinajstić information content (AvgIpc) is 2.83. The number of ether oxygens (including phenoxy) is 8. The monoisotopic (exact) mass is 498 g/mol. The Morgan fingerprint density at radius 3 is 0.939 bits per heavy atom. The summed E-state index contributed by atoms with van der Waals surface area (Å²) in [6.07, 6.45) is 8.92. The summed E-state index contributed by atoms with van der Waals surface area (Å²) in [6.45, 7) is 8.90. The van der Waals surface area contributed by atoms with Gasteiger partial charge in [-0.25, -0.2) is 0 Å². The van der Waals surface area contributed by atoms with Crippen molar-refractivity contribution in [3.05, 3.63) is 0 Å². The zero-order chi connectivity index (χ0) is 23.9. The van der Waals surface area contributed by atoms with E-state index in [9.17, 15) is 0 Å². The second-order valence-electron chi connectivity index (χ2n) is 7.48. The van der Waals surface area contributed by atoms with Crippen molar-refractivity contribution in [1.82, 2.24) is 0 Å². The molecule has 0 spiro atoms. The summed E-state index contributed by atoms with van der Waals surface area (Å²) in [4.78, 5) is 0. The summed E-state index contributed by atoms with van der Waals surface area (Å²) < 4.78 is 43.0. The molecule has 0 aliphatic heterocycles. The Morgan fingerprint density at radius 2 is 0.606 bits per heavy atom. The van der Waals surface area contributed by atoms with Crippen LogP contribution in [0.3, 0.4) is 0 Å². The first-order valence-electron chi connectivity index (χ1n) is 12.6. The molecule has 0 aromatic carbocycles. The molecule has 0 aromatic rings. The van der Waals surface area contributed by atoms with Gasteiger partial charge in [0.25, 0.3) is 0 Å². The molecule has 0 rings (SSSR count). The van der Waals surface area contributed by atoms with Crippen LogP contribution in [0.15, 0.2) is 0 Å². The molecule has 9 heteroatoms. The summed E-state index contributed by atoms with van der Waals surface area (Å²) >= 11 is 4.23. The van der Waals surface area contributed by atoms with E-state index in [2.05, 4.69) is 12.6 Å². The van der Waals surface area contributed by atoms with Crippen molar-refractivity contribution in [2.75, 3.05) is 112 Å².